The average molecular weight is 289 g/mol. The van der Waals surface area contributed by atoms with Crippen molar-refractivity contribution in [1.29, 1.82) is 0 Å². The summed E-state index contributed by atoms with van der Waals surface area (Å²) in [6.45, 7) is 1.23. The monoisotopic (exact) mass is 289 g/mol. The Balaban J connectivity index is 2.05. The molecule has 1 saturated heterocycles. The van der Waals surface area contributed by atoms with Crippen LogP contribution in [0.3, 0.4) is 0 Å². The molecule has 6 nitrogen and oxygen atoms in total. The van der Waals surface area contributed by atoms with E-state index in [2.05, 4.69) is 5.32 Å². The van der Waals surface area contributed by atoms with Crippen LogP contribution in [0.5, 0.6) is 0 Å². The second-order valence-electron chi connectivity index (χ2n) is 5.52. The minimum atomic E-state index is -3.38. The standard InChI is InChI=1S/C12H23N3O3S/c13-12(16)11-8-14-6-7-15(11)19(17,18)9-10-4-2-1-3-5-10/h10-11,14H,1-9H2,(H2,13,16). The molecule has 7 heteroatoms. The second-order valence-corrected chi connectivity index (χ2v) is 7.48. The number of nitrogens with zero attached hydrogens (tertiary/aromatic N) is 1. The molecule has 0 radical (unpaired) electrons. The van der Waals surface area contributed by atoms with Gasteiger partial charge in [0, 0.05) is 19.6 Å². The van der Waals surface area contributed by atoms with Crippen molar-refractivity contribution in [2.75, 3.05) is 25.4 Å². The van der Waals surface area contributed by atoms with Gasteiger partial charge in [-0.25, -0.2) is 8.42 Å². The molecule has 110 valence electrons. The van der Waals surface area contributed by atoms with E-state index in [0.717, 1.165) is 25.7 Å². The van der Waals surface area contributed by atoms with Gasteiger partial charge in [0.25, 0.3) is 0 Å². The highest BCUT2D eigenvalue weighted by Crippen LogP contribution is 2.26. The summed E-state index contributed by atoms with van der Waals surface area (Å²) in [6, 6.07) is -0.734. The number of hydrogen-bond acceptors (Lipinski definition) is 4. The van der Waals surface area contributed by atoms with E-state index >= 15 is 0 Å². The summed E-state index contributed by atoms with van der Waals surface area (Å²) in [5.74, 6) is -0.168. The van der Waals surface area contributed by atoms with Gasteiger partial charge < -0.3 is 11.1 Å². The molecule has 2 aliphatic rings. The van der Waals surface area contributed by atoms with Crippen LogP contribution in [0.15, 0.2) is 0 Å². The maximum atomic E-state index is 12.5. The van der Waals surface area contributed by atoms with Crippen LogP contribution >= 0.6 is 0 Å². The number of primary amides is 1. The highest BCUT2D eigenvalue weighted by Gasteiger charge is 2.36. The van der Waals surface area contributed by atoms with Crippen LogP contribution in [0.4, 0.5) is 0 Å². The number of nitrogens with one attached hydrogen (secondary N) is 1. The Hall–Kier alpha value is -0.660. The first kappa shape index (κ1) is 14.7. The summed E-state index contributed by atoms with van der Waals surface area (Å²) in [4.78, 5) is 11.4. The molecule has 1 heterocycles. The van der Waals surface area contributed by atoms with Crippen LogP contribution in [0, 0.1) is 5.92 Å². The number of piperazine rings is 1. The Kier molecular flexibility index (Phi) is 4.81. The lowest BCUT2D eigenvalue weighted by molar-refractivity contribution is -0.122. The molecule has 0 spiro atoms. The van der Waals surface area contributed by atoms with E-state index in [1.54, 1.807) is 0 Å². The normalized spacial score (nSPS) is 27.3. The predicted molar refractivity (Wildman–Crippen MR) is 72.9 cm³/mol. The third kappa shape index (κ3) is 3.67. The Morgan fingerprint density at radius 3 is 2.58 bits per heavy atom. The molecule has 1 atom stereocenters. The topological polar surface area (TPSA) is 92.5 Å². The minimum absolute atomic E-state index is 0.163. The number of rotatable bonds is 4. The predicted octanol–water partition coefficient (Wildman–Crippen LogP) is -0.344. The van der Waals surface area contributed by atoms with Crippen molar-refractivity contribution >= 4 is 15.9 Å². The summed E-state index contributed by atoms with van der Waals surface area (Å²) in [6.07, 6.45) is 5.38. The number of hydrogen-bond donors (Lipinski definition) is 2. The van der Waals surface area contributed by atoms with E-state index in [9.17, 15) is 13.2 Å². The van der Waals surface area contributed by atoms with Gasteiger partial charge in [-0.3, -0.25) is 4.79 Å². The van der Waals surface area contributed by atoms with Crippen molar-refractivity contribution in [3.63, 3.8) is 0 Å². The molecule has 2 rings (SSSR count). The maximum absolute atomic E-state index is 12.5. The molecule has 0 aromatic rings. The van der Waals surface area contributed by atoms with Gasteiger partial charge >= 0.3 is 0 Å². The first-order valence-corrected chi connectivity index (χ1v) is 8.61. The molecule has 1 aliphatic carbocycles. The van der Waals surface area contributed by atoms with E-state index in [4.69, 9.17) is 5.73 Å². The number of carbonyl (C=O) groups is 1. The van der Waals surface area contributed by atoms with E-state index in [0.29, 0.717) is 19.6 Å². The van der Waals surface area contributed by atoms with E-state index in [1.165, 1.54) is 10.7 Å². The van der Waals surface area contributed by atoms with Crippen LogP contribution in [0.2, 0.25) is 0 Å². The van der Waals surface area contributed by atoms with Gasteiger partial charge in [-0.1, -0.05) is 19.3 Å². The average Bonchev–Trinajstić information content (AvgIpc) is 2.39. The summed E-state index contributed by atoms with van der Waals surface area (Å²) in [7, 11) is -3.38. The first-order chi connectivity index (χ1) is 9.00. The SMILES string of the molecule is NC(=O)C1CNCCN1S(=O)(=O)CC1CCCCC1. The molecule has 1 amide bonds. The summed E-state index contributed by atoms with van der Waals surface area (Å²) in [5.41, 5.74) is 5.30. The third-order valence-corrected chi connectivity index (χ3v) is 6.10. The Bertz CT molecular complexity index is 418. The fraction of sp³-hybridized carbons (Fsp3) is 0.917. The third-order valence-electron chi connectivity index (χ3n) is 4.05. The molecule has 2 fully saturated rings. The number of amides is 1. The van der Waals surface area contributed by atoms with Crippen molar-refractivity contribution < 1.29 is 13.2 Å². The van der Waals surface area contributed by atoms with Crippen LogP contribution in [0.25, 0.3) is 0 Å². The Morgan fingerprint density at radius 2 is 1.95 bits per heavy atom. The van der Waals surface area contributed by atoms with Gasteiger partial charge in [0.05, 0.1) is 5.75 Å². The summed E-state index contributed by atoms with van der Waals surface area (Å²) in [5, 5.41) is 3.01. The highest BCUT2D eigenvalue weighted by molar-refractivity contribution is 7.89. The lowest BCUT2D eigenvalue weighted by Gasteiger charge is -2.34. The second kappa shape index (κ2) is 6.19. The maximum Gasteiger partial charge on any atom is 0.237 e. The largest absolute Gasteiger partial charge is 0.368 e. The van der Waals surface area contributed by atoms with Crippen molar-refractivity contribution in [2.24, 2.45) is 11.7 Å². The van der Waals surface area contributed by atoms with Gasteiger partial charge in [-0.05, 0) is 18.8 Å². The molecule has 0 bridgehead atoms. The van der Waals surface area contributed by atoms with Crippen LogP contribution in [-0.2, 0) is 14.8 Å². The fourth-order valence-electron chi connectivity index (χ4n) is 3.01. The van der Waals surface area contributed by atoms with Crippen LogP contribution < -0.4 is 11.1 Å². The molecule has 19 heavy (non-hydrogen) atoms. The van der Waals surface area contributed by atoms with E-state index in [-0.39, 0.29) is 11.7 Å². The molecule has 1 saturated carbocycles. The van der Waals surface area contributed by atoms with Crippen molar-refractivity contribution in [3.8, 4) is 0 Å². The van der Waals surface area contributed by atoms with Crippen molar-refractivity contribution in [1.82, 2.24) is 9.62 Å². The van der Waals surface area contributed by atoms with Crippen LogP contribution in [0.1, 0.15) is 32.1 Å². The molecule has 0 aromatic carbocycles. The molecule has 3 N–H and O–H groups in total. The zero-order chi connectivity index (χ0) is 13.9. The van der Waals surface area contributed by atoms with Gasteiger partial charge in [0.1, 0.15) is 6.04 Å². The molecule has 1 unspecified atom stereocenters. The molecule has 1 aliphatic heterocycles. The summed E-state index contributed by atoms with van der Waals surface area (Å²) >= 11 is 0. The lowest BCUT2D eigenvalue weighted by Crippen LogP contribution is -2.59. The Morgan fingerprint density at radius 1 is 1.26 bits per heavy atom. The first-order valence-electron chi connectivity index (χ1n) is 7.00. The number of sulfonamides is 1. The van der Waals surface area contributed by atoms with Gasteiger partial charge in [0.2, 0.25) is 15.9 Å². The molecule has 0 aromatic heterocycles. The Labute approximate surface area is 114 Å². The molecular formula is C12H23N3O3S. The highest BCUT2D eigenvalue weighted by atomic mass is 32.2. The zero-order valence-corrected chi connectivity index (χ0v) is 12.0. The molecular weight excluding hydrogens is 266 g/mol. The quantitative estimate of drug-likeness (QED) is 0.740. The van der Waals surface area contributed by atoms with Crippen molar-refractivity contribution in [3.05, 3.63) is 0 Å². The van der Waals surface area contributed by atoms with Crippen molar-refractivity contribution in [2.45, 2.75) is 38.1 Å². The van der Waals surface area contributed by atoms with E-state index in [1.807, 2.05) is 0 Å². The van der Waals surface area contributed by atoms with Crippen LogP contribution in [-0.4, -0.2) is 50.1 Å². The summed E-state index contributed by atoms with van der Waals surface area (Å²) < 4.78 is 26.2. The van der Waals surface area contributed by atoms with Gasteiger partial charge in [0.15, 0.2) is 0 Å². The minimum Gasteiger partial charge on any atom is -0.368 e. The fourth-order valence-corrected chi connectivity index (χ4v) is 5.06. The zero-order valence-electron chi connectivity index (χ0n) is 11.2. The van der Waals surface area contributed by atoms with Gasteiger partial charge in [-0.15, -0.1) is 0 Å². The lowest BCUT2D eigenvalue weighted by atomic mass is 9.91. The number of nitrogens with two attached hydrogens (primary N) is 1. The number of carbonyl (C=O) groups excluding carboxylic acids is 1. The smallest absolute Gasteiger partial charge is 0.237 e. The van der Waals surface area contributed by atoms with Gasteiger partial charge in [-0.2, -0.15) is 4.31 Å². The van der Waals surface area contributed by atoms with E-state index < -0.39 is 22.0 Å².